The van der Waals surface area contributed by atoms with E-state index >= 15 is 0 Å². The number of hydrogen-bond donors (Lipinski definition) is 1. The first-order valence-electron chi connectivity index (χ1n) is 7.53. The average molecular weight is 327 g/mol. The van der Waals surface area contributed by atoms with Gasteiger partial charge >= 0.3 is 5.97 Å². The van der Waals surface area contributed by atoms with E-state index in [2.05, 4.69) is 30.9 Å². The molecule has 6 nitrogen and oxygen atoms in total. The highest BCUT2D eigenvalue weighted by atomic mass is 16.7. The number of benzene rings is 1. The van der Waals surface area contributed by atoms with Crippen LogP contribution in [0.4, 0.5) is 0 Å². The van der Waals surface area contributed by atoms with Crippen LogP contribution in [0.3, 0.4) is 0 Å². The lowest BCUT2D eigenvalue weighted by Gasteiger charge is -2.19. The summed E-state index contributed by atoms with van der Waals surface area (Å²) in [5.41, 5.74) is 7.52. The fourth-order valence-corrected chi connectivity index (χ4v) is 1.89. The van der Waals surface area contributed by atoms with Gasteiger partial charge in [-0.1, -0.05) is 38.1 Å². The van der Waals surface area contributed by atoms with Gasteiger partial charge in [-0.2, -0.15) is 0 Å². The Bertz CT molecular complexity index is 705. The molecule has 2 aromatic rings. The summed E-state index contributed by atoms with van der Waals surface area (Å²) >= 11 is 0. The SMILES string of the molecule is CC(C)(C)c1ccc(OCC(=O)O/N=C(/N)c2cccnc2)cc1. The van der Waals surface area contributed by atoms with Crippen LogP contribution in [0.2, 0.25) is 0 Å². The molecule has 0 atom stereocenters. The van der Waals surface area contributed by atoms with E-state index in [1.165, 1.54) is 11.8 Å². The Morgan fingerprint density at radius 2 is 1.92 bits per heavy atom. The van der Waals surface area contributed by atoms with Gasteiger partial charge < -0.3 is 15.3 Å². The Labute approximate surface area is 141 Å². The molecule has 0 amide bonds. The summed E-state index contributed by atoms with van der Waals surface area (Å²) in [6.45, 7) is 6.14. The molecule has 1 heterocycles. The van der Waals surface area contributed by atoms with Crippen LogP contribution in [0, 0.1) is 0 Å². The molecule has 0 aliphatic heterocycles. The minimum Gasteiger partial charge on any atom is -0.482 e. The zero-order chi connectivity index (χ0) is 17.6. The third-order valence-electron chi connectivity index (χ3n) is 3.28. The standard InChI is InChI=1S/C18H21N3O3/c1-18(2,3)14-6-8-15(9-7-14)23-12-16(22)24-21-17(19)13-5-4-10-20-11-13/h4-11H,12H2,1-3H3,(H2,19,21). The number of amidine groups is 1. The second-order valence-electron chi connectivity index (χ2n) is 6.24. The average Bonchev–Trinajstić information content (AvgIpc) is 2.58. The molecule has 0 fully saturated rings. The first-order valence-corrected chi connectivity index (χ1v) is 7.53. The quantitative estimate of drug-likeness (QED) is 0.395. The molecule has 126 valence electrons. The maximum Gasteiger partial charge on any atom is 0.372 e. The van der Waals surface area contributed by atoms with Crippen LogP contribution >= 0.6 is 0 Å². The van der Waals surface area contributed by atoms with Gasteiger partial charge in [0.2, 0.25) is 0 Å². The van der Waals surface area contributed by atoms with E-state index < -0.39 is 5.97 Å². The predicted octanol–water partition coefficient (Wildman–Crippen LogP) is 2.62. The van der Waals surface area contributed by atoms with Crippen LogP contribution in [-0.2, 0) is 15.0 Å². The van der Waals surface area contributed by atoms with Crippen molar-refractivity contribution in [3.05, 3.63) is 59.9 Å². The van der Waals surface area contributed by atoms with Crippen molar-refractivity contribution in [2.75, 3.05) is 6.61 Å². The molecule has 0 radical (unpaired) electrons. The van der Waals surface area contributed by atoms with E-state index in [1.807, 2.05) is 24.3 Å². The smallest absolute Gasteiger partial charge is 0.372 e. The number of hydrogen-bond acceptors (Lipinski definition) is 5. The molecule has 0 spiro atoms. The number of nitrogens with zero attached hydrogens (tertiary/aromatic N) is 2. The lowest BCUT2D eigenvalue weighted by molar-refractivity contribution is -0.146. The second kappa shape index (κ2) is 7.59. The van der Waals surface area contributed by atoms with Gasteiger partial charge in [0, 0.05) is 18.0 Å². The summed E-state index contributed by atoms with van der Waals surface area (Å²) in [7, 11) is 0. The summed E-state index contributed by atoms with van der Waals surface area (Å²) in [5, 5.41) is 3.58. The minimum absolute atomic E-state index is 0.0655. The fourth-order valence-electron chi connectivity index (χ4n) is 1.89. The molecule has 24 heavy (non-hydrogen) atoms. The summed E-state index contributed by atoms with van der Waals surface area (Å²) in [5.74, 6) is 0.0249. The molecule has 6 heteroatoms. The third kappa shape index (κ3) is 5.08. The maximum atomic E-state index is 11.7. The molecule has 0 unspecified atom stereocenters. The van der Waals surface area contributed by atoms with Gasteiger partial charge in [0.1, 0.15) is 5.75 Å². The van der Waals surface area contributed by atoms with Gasteiger partial charge in [0.25, 0.3) is 0 Å². The van der Waals surface area contributed by atoms with Crippen LogP contribution in [-0.4, -0.2) is 23.4 Å². The van der Waals surface area contributed by atoms with Gasteiger partial charge in [-0.25, -0.2) is 4.79 Å². The van der Waals surface area contributed by atoms with E-state index in [1.54, 1.807) is 18.3 Å². The van der Waals surface area contributed by atoms with Crippen LogP contribution in [0.5, 0.6) is 5.75 Å². The summed E-state index contributed by atoms with van der Waals surface area (Å²) in [6, 6.07) is 11.0. The molecule has 2 rings (SSSR count). The van der Waals surface area contributed by atoms with Gasteiger partial charge in [-0.05, 0) is 35.2 Å². The third-order valence-corrected chi connectivity index (χ3v) is 3.28. The van der Waals surface area contributed by atoms with E-state index in [-0.39, 0.29) is 17.9 Å². The highest BCUT2D eigenvalue weighted by molar-refractivity contribution is 5.97. The van der Waals surface area contributed by atoms with E-state index in [0.717, 1.165) is 0 Å². The predicted molar refractivity (Wildman–Crippen MR) is 91.7 cm³/mol. The summed E-state index contributed by atoms with van der Waals surface area (Å²) in [6.07, 6.45) is 3.14. The molecule has 1 aromatic carbocycles. The first-order chi connectivity index (χ1) is 11.4. The number of nitrogens with two attached hydrogens (primary N) is 1. The molecule has 0 bridgehead atoms. The zero-order valence-electron chi connectivity index (χ0n) is 14.0. The topological polar surface area (TPSA) is 86.8 Å². The fraction of sp³-hybridized carbons (Fsp3) is 0.278. The van der Waals surface area contributed by atoms with E-state index in [9.17, 15) is 4.79 Å². The maximum absolute atomic E-state index is 11.7. The Morgan fingerprint density at radius 3 is 2.50 bits per heavy atom. The molecule has 1 aromatic heterocycles. The minimum atomic E-state index is -0.637. The summed E-state index contributed by atoms with van der Waals surface area (Å²) < 4.78 is 5.38. The largest absolute Gasteiger partial charge is 0.482 e. The molecular weight excluding hydrogens is 306 g/mol. The van der Waals surface area contributed by atoms with Crippen molar-refractivity contribution >= 4 is 11.8 Å². The monoisotopic (exact) mass is 327 g/mol. The van der Waals surface area contributed by atoms with Gasteiger partial charge in [0.05, 0.1) is 0 Å². The Balaban J connectivity index is 1.85. The lowest BCUT2D eigenvalue weighted by atomic mass is 9.87. The van der Waals surface area contributed by atoms with Gasteiger partial charge in [0.15, 0.2) is 12.4 Å². The highest BCUT2D eigenvalue weighted by Gasteiger charge is 2.13. The number of carbonyl (C=O) groups excluding carboxylic acids is 1. The van der Waals surface area contributed by atoms with Crippen molar-refractivity contribution in [1.29, 1.82) is 0 Å². The van der Waals surface area contributed by atoms with Crippen molar-refractivity contribution in [3.63, 3.8) is 0 Å². The van der Waals surface area contributed by atoms with Crippen molar-refractivity contribution in [2.45, 2.75) is 26.2 Å². The first kappa shape index (κ1) is 17.5. The number of aromatic nitrogens is 1. The Morgan fingerprint density at radius 1 is 1.21 bits per heavy atom. The molecule has 0 saturated heterocycles. The van der Waals surface area contributed by atoms with Crippen LogP contribution in [0.1, 0.15) is 31.9 Å². The van der Waals surface area contributed by atoms with E-state index in [4.69, 9.17) is 15.3 Å². The van der Waals surface area contributed by atoms with Crippen molar-refractivity contribution in [3.8, 4) is 5.75 Å². The van der Waals surface area contributed by atoms with Gasteiger partial charge in [-0.15, -0.1) is 0 Å². The Kier molecular flexibility index (Phi) is 5.52. The molecule has 0 saturated carbocycles. The molecule has 0 aliphatic rings. The number of pyridine rings is 1. The normalized spacial score (nSPS) is 11.9. The number of ether oxygens (including phenoxy) is 1. The van der Waals surface area contributed by atoms with Crippen molar-refractivity contribution in [1.82, 2.24) is 4.98 Å². The van der Waals surface area contributed by atoms with Crippen molar-refractivity contribution < 1.29 is 14.4 Å². The van der Waals surface area contributed by atoms with Crippen molar-refractivity contribution in [2.24, 2.45) is 10.9 Å². The van der Waals surface area contributed by atoms with Crippen LogP contribution in [0.15, 0.2) is 53.9 Å². The number of rotatable bonds is 5. The van der Waals surface area contributed by atoms with Crippen LogP contribution in [0.25, 0.3) is 0 Å². The summed E-state index contributed by atoms with van der Waals surface area (Å²) in [4.78, 5) is 20.3. The number of oxime groups is 1. The zero-order valence-corrected chi connectivity index (χ0v) is 14.0. The molecule has 2 N–H and O–H groups in total. The van der Waals surface area contributed by atoms with E-state index in [0.29, 0.717) is 11.3 Å². The lowest BCUT2D eigenvalue weighted by Crippen LogP contribution is -2.18. The highest BCUT2D eigenvalue weighted by Crippen LogP contribution is 2.24. The molecular formula is C18H21N3O3. The molecule has 0 aliphatic carbocycles. The second-order valence-corrected chi connectivity index (χ2v) is 6.24. The number of carbonyl (C=O) groups is 1. The Hall–Kier alpha value is -2.89. The van der Waals surface area contributed by atoms with Gasteiger partial charge in [-0.3, -0.25) is 4.98 Å². The van der Waals surface area contributed by atoms with Crippen LogP contribution < -0.4 is 10.5 Å².